The molecule has 0 aliphatic carbocycles. The average Bonchev–Trinajstić information content (AvgIpc) is 3.30. The topological polar surface area (TPSA) is 69.9 Å². The van der Waals surface area contributed by atoms with Crippen LogP contribution in [0.2, 0.25) is 0 Å². The maximum absolute atomic E-state index is 14.0. The number of benzene rings is 4. The number of aromatic nitrogens is 1. The van der Waals surface area contributed by atoms with Crippen LogP contribution < -0.4 is 19.6 Å². The number of hydrogen-bond acceptors (Lipinski definition) is 6. The van der Waals surface area contributed by atoms with Crippen LogP contribution in [0.3, 0.4) is 0 Å². The van der Waals surface area contributed by atoms with E-state index in [0.29, 0.717) is 33.0 Å². The van der Waals surface area contributed by atoms with Gasteiger partial charge in [0.2, 0.25) is 0 Å². The number of rotatable bonds is 7. The average molecular weight is 640 g/mol. The lowest BCUT2D eigenvalue weighted by Gasteiger charge is -2.24. The zero-order valence-corrected chi connectivity index (χ0v) is 25.4. The highest BCUT2D eigenvalue weighted by molar-refractivity contribution is 9.10. The lowest BCUT2D eigenvalue weighted by molar-refractivity contribution is -0.139. The number of esters is 1. The summed E-state index contributed by atoms with van der Waals surface area (Å²) in [6.45, 7) is 4.16. The molecule has 0 unspecified atom stereocenters. The van der Waals surface area contributed by atoms with E-state index < -0.39 is 12.0 Å². The van der Waals surface area contributed by atoms with Crippen LogP contribution in [-0.2, 0) is 16.1 Å². The predicted molar refractivity (Wildman–Crippen MR) is 169 cm³/mol. The van der Waals surface area contributed by atoms with E-state index in [2.05, 4.69) is 45.2 Å². The number of halogens is 1. The van der Waals surface area contributed by atoms with Crippen LogP contribution in [0.15, 0.2) is 117 Å². The molecule has 1 atom stereocenters. The van der Waals surface area contributed by atoms with Crippen LogP contribution in [0, 0.1) is 0 Å². The predicted octanol–water partition coefficient (Wildman–Crippen LogP) is 6.29. The summed E-state index contributed by atoms with van der Waals surface area (Å²) >= 11 is 4.77. The molecule has 1 aromatic heterocycles. The van der Waals surface area contributed by atoms with Gasteiger partial charge in [0.25, 0.3) is 5.56 Å². The van der Waals surface area contributed by atoms with Gasteiger partial charge in [0, 0.05) is 10.0 Å². The van der Waals surface area contributed by atoms with Gasteiger partial charge in [-0.2, -0.15) is 0 Å². The molecular weight excluding hydrogens is 612 g/mol. The summed E-state index contributed by atoms with van der Waals surface area (Å²) in [5.74, 6) is 0.192. The number of hydrogen-bond donors (Lipinski definition) is 0. The van der Waals surface area contributed by atoms with Crippen LogP contribution in [-0.4, -0.2) is 17.1 Å². The number of allylic oxidation sites excluding steroid dienone is 1. The largest absolute Gasteiger partial charge is 0.488 e. The monoisotopic (exact) mass is 638 g/mol. The Kier molecular flexibility index (Phi) is 7.91. The molecule has 1 aliphatic rings. The Bertz CT molecular complexity index is 2020. The Hall–Kier alpha value is -4.27. The van der Waals surface area contributed by atoms with E-state index in [-0.39, 0.29) is 12.2 Å². The van der Waals surface area contributed by atoms with Gasteiger partial charge in [-0.15, -0.1) is 0 Å². The molecule has 6 rings (SSSR count). The number of nitrogens with zero attached hydrogens (tertiary/aromatic N) is 2. The van der Waals surface area contributed by atoms with Gasteiger partial charge >= 0.3 is 5.97 Å². The summed E-state index contributed by atoms with van der Waals surface area (Å²) in [6, 6.07) is 29.0. The molecule has 0 fully saturated rings. The van der Waals surface area contributed by atoms with Gasteiger partial charge in [-0.3, -0.25) is 9.36 Å². The van der Waals surface area contributed by atoms with Gasteiger partial charge in [-0.1, -0.05) is 100 Å². The third kappa shape index (κ3) is 5.35. The molecular formula is C34H27BrN2O4S. The van der Waals surface area contributed by atoms with E-state index in [1.54, 1.807) is 18.4 Å². The first-order chi connectivity index (χ1) is 20.4. The van der Waals surface area contributed by atoms with E-state index in [1.807, 2.05) is 72.8 Å². The smallest absolute Gasteiger partial charge is 0.338 e. The SMILES string of the molecule is CCOC(=O)C1=C(C)N=c2s/c(=C\c3ccccc3OCc3cccc4ccccc34)c(=O)n2[C@H]1c1ccc(Br)cc1. The minimum absolute atomic E-state index is 0.225. The van der Waals surface area contributed by atoms with Crippen LogP contribution in [0.5, 0.6) is 5.75 Å². The zero-order valence-electron chi connectivity index (χ0n) is 23.0. The summed E-state index contributed by atoms with van der Waals surface area (Å²) in [4.78, 5) is 32.3. The molecule has 0 amide bonds. The lowest BCUT2D eigenvalue weighted by atomic mass is 9.96. The van der Waals surface area contributed by atoms with Gasteiger partial charge in [-0.05, 0) is 60.0 Å². The summed E-state index contributed by atoms with van der Waals surface area (Å²) in [7, 11) is 0. The van der Waals surface area contributed by atoms with Crippen LogP contribution in [0.25, 0.3) is 16.8 Å². The van der Waals surface area contributed by atoms with E-state index in [0.717, 1.165) is 31.9 Å². The van der Waals surface area contributed by atoms with Crippen molar-refractivity contribution in [3.63, 3.8) is 0 Å². The summed E-state index contributed by atoms with van der Waals surface area (Å²) < 4.78 is 14.7. The van der Waals surface area contributed by atoms with Gasteiger partial charge in [0.15, 0.2) is 4.80 Å². The molecule has 2 heterocycles. The third-order valence-electron chi connectivity index (χ3n) is 7.17. The molecule has 0 N–H and O–H groups in total. The fraction of sp³-hybridized carbons (Fsp3) is 0.147. The maximum Gasteiger partial charge on any atom is 0.338 e. The van der Waals surface area contributed by atoms with Crippen molar-refractivity contribution >= 4 is 50.1 Å². The van der Waals surface area contributed by atoms with Crippen molar-refractivity contribution in [1.82, 2.24) is 4.57 Å². The van der Waals surface area contributed by atoms with Crippen molar-refractivity contribution in [3.8, 4) is 5.75 Å². The van der Waals surface area contributed by atoms with E-state index in [4.69, 9.17) is 9.47 Å². The molecule has 5 aromatic rings. The Morgan fingerprint density at radius 1 is 1.00 bits per heavy atom. The fourth-order valence-electron chi connectivity index (χ4n) is 5.20. The van der Waals surface area contributed by atoms with E-state index in [1.165, 1.54) is 11.3 Å². The van der Waals surface area contributed by atoms with Crippen molar-refractivity contribution in [2.45, 2.75) is 26.5 Å². The molecule has 1 aliphatic heterocycles. The molecule has 42 heavy (non-hydrogen) atoms. The van der Waals surface area contributed by atoms with Gasteiger partial charge in [0.1, 0.15) is 12.4 Å². The number of carbonyl (C=O) groups excluding carboxylic acids is 1. The minimum Gasteiger partial charge on any atom is -0.488 e. The molecule has 0 bridgehead atoms. The molecule has 8 heteroatoms. The molecule has 0 saturated heterocycles. The normalized spacial score (nSPS) is 14.9. The standard InChI is InChI=1S/C34H27BrN2O4S/c1-3-40-33(39)30-21(2)36-34-37(31(30)23-15-17-26(35)18-16-23)32(38)29(42-34)19-24-10-5-7-14-28(24)41-20-25-12-8-11-22-9-4-6-13-27(22)25/h4-19,31H,3,20H2,1-2H3/b29-19-/t31-/m0/s1. The summed E-state index contributed by atoms with van der Waals surface area (Å²) in [5.41, 5.74) is 3.32. The van der Waals surface area contributed by atoms with Gasteiger partial charge in [0.05, 0.1) is 28.5 Å². The van der Waals surface area contributed by atoms with Crippen LogP contribution >= 0.6 is 27.3 Å². The maximum atomic E-state index is 14.0. The molecule has 6 nitrogen and oxygen atoms in total. The number of thiazole rings is 1. The van der Waals surface area contributed by atoms with Crippen molar-refractivity contribution in [2.75, 3.05) is 6.61 Å². The van der Waals surface area contributed by atoms with Crippen molar-refractivity contribution in [2.24, 2.45) is 4.99 Å². The quantitative estimate of drug-likeness (QED) is 0.196. The van der Waals surface area contributed by atoms with Crippen molar-refractivity contribution in [1.29, 1.82) is 0 Å². The van der Waals surface area contributed by atoms with Crippen LogP contribution in [0.1, 0.15) is 36.6 Å². The highest BCUT2D eigenvalue weighted by Gasteiger charge is 2.33. The van der Waals surface area contributed by atoms with Crippen molar-refractivity contribution < 1.29 is 14.3 Å². The van der Waals surface area contributed by atoms with Crippen molar-refractivity contribution in [3.05, 3.63) is 143 Å². The van der Waals surface area contributed by atoms with Gasteiger partial charge in [-0.25, -0.2) is 9.79 Å². The Balaban J connectivity index is 1.42. The second kappa shape index (κ2) is 11.9. The Morgan fingerprint density at radius 2 is 1.74 bits per heavy atom. The number of fused-ring (bicyclic) bond motifs is 2. The highest BCUT2D eigenvalue weighted by Crippen LogP contribution is 2.31. The second-order valence-electron chi connectivity index (χ2n) is 9.82. The lowest BCUT2D eigenvalue weighted by Crippen LogP contribution is -2.39. The highest BCUT2D eigenvalue weighted by atomic mass is 79.9. The van der Waals surface area contributed by atoms with E-state index in [9.17, 15) is 9.59 Å². The zero-order chi connectivity index (χ0) is 29.2. The summed E-state index contributed by atoms with van der Waals surface area (Å²) in [5, 5.41) is 2.30. The Labute approximate surface area is 255 Å². The first kappa shape index (κ1) is 27.9. The van der Waals surface area contributed by atoms with Gasteiger partial charge < -0.3 is 9.47 Å². The molecule has 0 radical (unpaired) electrons. The summed E-state index contributed by atoms with van der Waals surface area (Å²) in [6.07, 6.45) is 1.84. The number of para-hydroxylation sites is 1. The third-order valence-corrected chi connectivity index (χ3v) is 8.68. The molecule has 210 valence electrons. The minimum atomic E-state index is -0.659. The fourth-order valence-corrected chi connectivity index (χ4v) is 6.50. The molecule has 0 spiro atoms. The Morgan fingerprint density at radius 3 is 2.55 bits per heavy atom. The number of ether oxygens (including phenoxy) is 2. The van der Waals surface area contributed by atoms with Crippen LogP contribution in [0.4, 0.5) is 0 Å². The first-order valence-corrected chi connectivity index (χ1v) is 15.2. The van der Waals surface area contributed by atoms with E-state index >= 15 is 0 Å². The first-order valence-electron chi connectivity index (χ1n) is 13.6. The second-order valence-corrected chi connectivity index (χ2v) is 11.7. The number of carbonyl (C=O) groups is 1. The molecule has 0 saturated carbocycles. The molecule has 4 aromatic carbocycles.